The molecule has 0 aromatic heterocycles. The van der Waals surface area contributed by atoms with Crippen LogP contribution in [-0.4, -0.2) is 53.8 Å². The molecule has 0 amide bonds. The third-order valence-electron chi connectivity index (χ3n) is 1.95. The van der Waals surface area contributed by atoms with Crippen LogP contribution in [-0.2, 0) is 10.8 Å². The number of rotatable bonds is 3. The number of nitrogens with one attached hydrogen (secondary N) is 1. The van der Waals surface area contributed by atoms with E-state index in [2.05, 4.69) is 10.2 Å². The number of nitrogens with zero attached hydrogens (tertiary/aromatic N) is 1. The van der Waals surface area contributed by atoms with Gasteiger partial charge in [0.1, 0.15) is 0 Å². The lowest BCUT2D eigenvalue weighted by Gasteiger charge is -2.25. The third kappa shape index (κ3) is 6.18. The molecule has 1 rings (SSSR count). The molecule has 0 bridgehead atoms. The van der Waals surface area contributed by atoms with E-state index in [-0.39, 0.29) is 0 Å². The van der Waals surface area contributed by atoms with Crippen molar-refractivity contribution in [3.63, 3.8) is 0 Å². The molecule has 0 saturated carbocycles. The summed E-state index contributed by atoms with van der Waals surface area (Å²) < 4.78 is 11.0. The first kappa shape index (κ1) is 13.1. The highest BCUT2D eigenvalue weighted by atomic mass is 32.2. The molecule has 1 saturated heterocycles. The molecule has 80 valence electrons. The molecule has 3 nitrogen and oxygen atoms in total. The highest BCUT2D eigenvalue weighted by Gasteiger charge is 2.13. The van der Waals surface area contributed by atoms with Crippen LogP contribution < -0.4 is 5.32 Å². The minimum Gasteiger partial charge on any atom is -0.318 e. The van der Waals surface area contributed by atoms with Crippen molar-refractivity contribution < 1.29 is 4.21 Å². The van der Waals surface area contributed by atoms with Crippen LogP contribution in [0.2, 0.25) is 0 Å². The minimum absolute atomic E-state index is 0.529. The highest BCUT2D eigenvalue weighted by Crippen LogP contribution is 1.97. The van der Waals surface area contributed by atoms with E-state index in [1.54, 1.807) is 0 Å². The number of hydrogen-bond acceptors (Lipinski definition) is 3. The lowest BCUT2D eigenvalue weighted by atomic mass is 10.4. The van der Waals surface area contributed by atoms with Crippen molar-refractivity contribution in [2.45, 2.75) is 13.8 Å². The quantitative estimate of drug-likeness (QED) is 0.721. The second-order valence-electron chi connectivity index (χ2n) is 2.79. The fourth-order valence-corrected chi connectivity index (χ4v) is 2.30. The maximum Gasteiger partial charge on any atom is 0.0363 e. The molecule has 0 radical (unpaired) electrons. The van der Waals surface area contributed by atoms with E-state index >= 15 is 0 Å². The molecule has 0 aromatic rings. The predicted molar refractivity (Wildman–Crippen MR) is 59.6 cm³/mol. The standard InChI is InChI=1S/C7H16N2OS.C2H6/c1-8-2-3-9-4-6-11(10)7-5-9;1-2/h8H,2-7H2,1H3;1-2H3. The Kier molecular flexibility index (Phi) is 8.71. The molecule has 0 aromatic carbocycles. The summed E-state index contributed by atoms with van der Waals surface area (Å²) in [5.41, 5.74) is 0. The van der Waals surface area contributed by atoms with Gasteiger partial charge in [-0.25, -0.2) is 0 Å². The Labute approximate surface area is 84.3 Å². The van der Waals surface area contributed by atoms with E-state index < -0.39 is 10.8 Å². The van der Waals surface area contributed by atoms with Crippen LogP contribution in [0.15, 0.2) is 0 Å². The Morgan fingerprint density at radius 1 is 1.31 bits per heavy atom. The average molecular weight is 206 g/mol. The van der Waals surface area contributed by atoms with Crippen molar-refractivity contribution in [1.82, 2.24) is 10.2 Å². The summed E-state index contributed by atoms with van der Waals surface area (Å²) in [6.45, 7) is 8.14. The zero-order valence-electron chi connectivity index (χ0n) is 9.01. The van der Waals surface area contributed by atoms with Gasteiger partial charge < -0.3 is 10.2 Å². The van der Waals surface area contributed by atoms with E-state index in [1.165, 1.54) is 0 Å². The molecule has 1 aliphatic rings. The molecule has 4 heteroatoms. The van der Waals surface area contributed by atoms with Crippen LogP contribution in [0.4, 0.5) is 0 Å². The van der Waals surface area contributed by atoms with Crippen LogP contribution in [0.25, 0.3) is 0 Å². The Balaban J connectivity index is 0.000000671. The van der Waals surface area contributed by atoms with Crippen molar-refractivity contribution in [1.29, 1.82) is 0 Å². The van der Waals surface area contributed by atoms with E-state index in [0.717, 1.165) is 37.7 Å². The van der Waals surface area contributed by atoms with Gasteiger partial charge >= 0.3 is 0 Å². The summed E-state index contributed by atoms with van der Waals surface area (Å²) in [4.78, 5) is 2.36. The zero-order chi connectivity index (χ0) is 10.1. The Morgan fingerprint density at radius 2 is 1.85 bits per heavy atom. The largest absolute Gasteiger partial charge is 0.318 e. The summed E-state index contributed by atoms with van der Waals surface area (Å²) in [5.74, 6) is 1.73. The van der Waals surface area contributed by atoms with Gasteiger partial charge in [0.15, 0.2) is 0 Å². The molecule has 0 atom stereocenters. The third-order valence-corrected chi connectivity index (χ3v) is 3.22. The van der Waals surface area contributed by atoms with Gasteiger partial charge in [-0.2, -0.15) is 0 Å². The van der Waals surface area contributed by atoms with Crippen LogP contribution in [0.1, 0.15) is 13.8 Å². The van der Waals surface area contributed by atoms with Gasteiger partial charge in [0.2, 0.25) is 0 Å². The lowest BCUT2D eigenvalue weighted by Crippen LogP contribution is -2.40. The molecule has 1 N–H and O–H groups in total. The monoisotopic (exact) mass is 206 g/mol. The van der Waals surface area contributed by atoms with Gasteiger partial charge in [-0.15, -0.1) is 0 Å². The van der Waals surface area contributed by atoms with Gasteiger partial charge in [0, 0.05) is 48.5 Å². The summed E-state index contributed by atoms with van der Waals surface area (Å²) in [6, 6.07) is 0. The minimum atomic E-state index is -0.529. The second-order valence-corrected chi connectivity index (χ2v) is 4.49. The first-order valence-corrected chi connectivity index (χ1v) is 6.53. The van der Waals surface area contributed by atoms with E-state index in [1.807, 2.05) is 20.9 Å². The maximum absolute atomic E-state index is 11.0. The second kappa shape index (κ2) is 8.66. The van der Waals surface area contributed by atoms with Crippen LogP contribution in [0, 0.1) is 0 Å². The fourth-order valence-electron chi connectivity index (χ4n) is 1.17. The fraction of sp³-hybridized carbons (Fsp3) is 1.00. The maximum atomic E-state index is 11.0. The summed E-state index contributed by atoms with van der Waals surface area (Å²) in [7, 11) is 1.43. The summed E-state index contributed by atoms with van der Waals surface area (Å²) in [5, 5.41) is 3.11. The van der Waals surface area contributed by atoms with Crippen LogP contribution in [0.3, 0.4) is 0 Å². The molecular weight excluding hydrogens is 184 g/mol. The van der Waals surface area contributed by atoms with Gasteiger partial charge in [-0.3, -0.25) is 4.21 Å². The average Bonchev–Trinajstić information content (AvgIpc) is 2.20. The molecule has 1 fully saturated rings. The van der Waals surface area contributed by atoms with Crippen molar-refractivity contribution >= 4 is 10.8 Å². The zero-order valence-corrected chi connectivity index (χ0v) is 9.82. The SMILES string of the molecule is CC.CNCCN1CCS(=O)CC1. The van der Waals surface area contributed by atoms with Crippen LogP contribution >= 0.6 is 0 Å². The predicted octanol–water partition coefficient (Wildman–Crippen LogP) is 0.296. The highest BCUT2D eigenvalue weighted by molar-refractivity contribution is 7.85. The van der Waals surface area contributed by atoms with Crippen molar-refractivity contribution in [3.05, 3.63) is 0 Å². The van der Waals surface area contributed by atoms with Crippen LogP contribution in [0.5, 0.6) is 0 Å². The molecule has 0 aliphatic carbocycles. The Morgan fingerprint density at radius 3 is 2.31 bits per heavy atom. The topological polar surface area (TPSA) is 32.3 Å². The van der Waals surface area contributed by atoms with E-state index in [4.69, 9.17) is 0 Å². The van der Waals surface area contributed by atoms with Gasteiger partial charge in [0.05, 0.1) is 0 Å². The normalized spacial score (nSPS) is 19.3. The van der Waals surface area contributed by atoms with Gasteiger partial charge in [-0.05, 0) is 7.05 Å². The number of hydrogen-bond donors (Lipinski definition) is 1. The number of likely N-dealkylation sites (N-methyl/N-ethyl adjacent to an activating group) is 1. The smallest absolute Gasteiger partial charge is 0.0363 e. The van der Waals surface area contributed by atoms with Crippen molar-refractivity contribution in [2.24, 2.45) is 0 Å². The van der Waals surface area contributed by atoms with Gasteiger partial charge in [-0.1, -0.05) is 13.8 Å². The molecule has 1 aliphatic heterocycles. The molecular formula is C9H22N2OS. The molecule has 0 unspecified atom stereocenters. The summed E-state index contributed by atoms with van der Waals surface area (Å²) >= 11 is 0. The molecule has 1 heterocycles. The lowest BCUT2D eigenvalue weighted by molar-refractivity contribution is 0.301. The van der Waals surface area contributed by atoms with Crippen molar-refractivity contribution in [3.8, 4) is 0 Å². The van der Waals surface area contributed by atoms with Gasteiger partial charge in [0.25, 0.3) is 0 Å². The summed E-state index contributed by atoms with van der Waals surface area (Å²) in [6.07, 6.45) is 0. The van der Waals surface area contributed by atoms with E-state index in [9.17, 15) is 4.21 Å². The van der Waals surface area contributed by atoms with Crippen molar-refractivity contribution in [2.75, 3.05) is 44.7 Å². The molecule has 0 spiro atoms. The Bertz CT molecular complexity index is 132. The Hall–Kier alpha value is 0.0700. The first-order chi connectivity index (χ1) is 6.33. The van der Waals surface area contributed by atoms with E-state index in [0.29, 0.717) is 0 Å². The first-order valence-electron chi connectivity index (χ1n) is 5.05. The molecule has 13 heavy (non-hydrogen) atoms.